The monoisotopic (exact) mass is 251 g/mol. The highest BCUT2D eigenvalue weighted by Crippen LogP contribution is 2.25. The Balaban J connectivity index is 1.94. The maximum Gasteiger partial charge on any atom is 0.0544 e. The van der Waals surface area contributed by atoms with Gasteiger partial charge in [0, 0.05) is 10.9 Å². The number of thiophene rings is 1. The molecule has 0 saturated heterocycles. The molecule has 0 bridgehead atoms. The Bertz CT molecular complexity index is 438. The van der Waals surface area contributed by atoms with E-state index in [-0.39, 0.29) is 6.04 Å². The van der Waals surface area contributed by atoms with E-state index in [4.69, 9.17) is 17.3 Å². The van der Waals surface area contributed by atoms with E-state index >= 15 is 0 Å². The number of nitrogens with two attached hydrogens (primary N) is 1. The molecule has 0 radical (unpaired) electrons. The van der Waals surface area contributed by atoms with Gasteiger partial charge in [0.1, 0.15) is 0 Å². The third-order valence-corrected chi connectivity index (χ3v) is 4.05. The molecule has 16 heavy (non-hydrogen) atoms. The van der Waals surface area contributed by atoms with E-state index in [9.17, 15) is 0 Å². The van der Waals surface area contributed by atoms with Crippen LogP contribution in [0.5, 0.6) is 0 Å². The third-order valence-electron chi connectivity index (χ3n) is 2.60. The third kappa shape index (κ3) is 2.85. The molecule has 0 amide bonds. The zero-order valence-electron chi connectivity index (χ0n) is 8.90. The van der Waals surface area contributed by atoms with E-state index < -0.39 is 0 Å². The molecule has 0 fully saturated rings. The number of hydrogen-bond donors (Lipinski definition) is 1. The maximum absolute atomic E-state index is 6.12. The highest BCUT2D eigenvalue weighted by molar-refractivity contribution is 7.10. The lowest BCUT2D eigenvalue weighted by molar-refractivity contribution is 0.655. The van der Waals surface area contributed by atoms with Crippen molar-refractivity contribution < 1.29 is 0 Å². The molecule has 2 N–H and O–H groups in total. The number of halogens is 1. The molecule has 1 heterocycles. The van der Waals surface area contributed by atoms with Crippen LogP contribution >= 0.6 is 22.9 Å². The Morgan fingerprint density at radius 2 is 1.94 bits per heavy atom. The van der Waals surface area contributed by atoms with E-state index in [2.05, 4.69) is 12.1 Å². The minimum Gasteiger partial charge on any atom is -0.324 e. The second-order valence-corrected chi connectivity index (χ2v) is 5.16. The SMILES string of the molecule is NC(CCc1sccc1Cl)c1ccccc1. The highest BCUT2D eigenvalue weighted by atomic mass is 35.5. The van der Waals surface area contributed by atoms with E-state index in [0.29, 0.717) is 0 Å². The van der Waals surface area contributed by atoms with Crippen LogP contribution < -0.4 is 5.73 Å². The van der Waals surface area contributed by atoms with Gasteiger partial charge < -0.3 is 5.73 Å². The van der Waals surface area contributed by atoms with Crippen LogP contribution in [0.1, 0.15) is 22.9 Å². The van der Waals surface area contributed by atoms with Crippen LogP contribution in [0.2, 0.25) is 5.02 Å². The molecule has 84 valence electrons. The lowest BCUT2D eigenvalue weighted by Gasteiger charge is -2.11. The molecule has 1 nitrogen and oxygen atoms in total. The first kappa shape index (κ1) is 11.6. The molecule has 1 atom stereocenters. The number of benzene rings is 1. The summed E-state index contributed by atoms with van der Waals surface area (Å²) in [4.78, 5) is 1.23. The molecule has 2 rings (SSSR count). The summed E-state index contributed by atoms with van der Waals surface area (Å²) >= 11 is 7.74. The van der Waals surface area contributed by atoms with Gasteiger partial charge >= 0.3 is 0 Å². The molecule has 2 aromatic rings. The zero-order valence-corrected chi connectivity index (χ0v) is 10.5. The number of rotatable bonds is 4. The highest BCUT2D eigenvalue weighted by Gasteiger charge is 2.08. The molecule has 0 aliphatic rings. The molecular formula is C13H14ClNS. The Labute approximate surface area is 105 Å². The van der Waals surface area contributed by atoms with Gasteiger partial charge in [-0.05, 0) is 29.9 Å². The summed E-state index contributed by atoms with van der Waals surface area (Å²) in [5, 5.41) is 2.89. The summed E-state index contributed by atoms with van der Waals surface area (Å²) in [6.45, 7) is 0. The smallest absolute Gasteiger partial charge is 0.0544 e. The number of aryl methyl sites for hydroxylation is 1. The van der Waals surface area contributed by atoms with Gasteiger partial charge in [0.05, 0.1) is 5.02 Å². The van der Waals surface area contributed by atoms with Crippen LogP contribution in [0.3, 0.4) is 0 Å². The fourth-order valence-electron chi connectivity index (χ4n) is 1.66. The summed E-state index contributed by atoms with van der Waals surface area (Å²) in [7, 11) is 0. The van der Waals surface area contributed by atoms with Crippen molar-refractivity contribution in [2.45, 2.75) is 18.9 Å². The second kappa shape index (κ2) is 5.48. The first-order valence-electron chi connectivity index (χ1n) is 5.30. The standard InChI is InChI=1S/C13H14ClNS/c14-11-8-9-16-13(11)7-6-12(15)10-4-2-1-3-5-10/h1-5,8-9,12H,6-7,15H2. The largest absolute Gasteiger partial charge is 0.324 e. The quantitative estimate of drug-likeness (QED) is 0.872. The maximum atomic E-state index is 6.12. The van der Waals surface area contributed by atoms with Crippen molar-refractivity contribution in [1.82, 2.24) is 0 Å². The molecule has 1 aromatic carbocycles. The summed E-state index contributed by atoms with van der Waals surface area (Å²) in [5.41, 5.74) is 7.31. The van der Waals surface area contributed by atoms with Crippen molar-refractivity contribution in [1.29, 1.82) is 0 Å². The number of hydrogen-bond acceptors (Lipinski definition) is 2. The fourth-order valence-corrected chi connectivity index (χ4v) is 2.81. The molecule has 0 spiro atoms. The Morgan fingerprint density at radius 1 is 1.19 bits per heavy atom. The summed E-state index contributed by atoms with van der Waals surface area (Å²) in [6, 6.07) is 12.2. The molecule has 1 aromatic heterocycles. The van der Waals surface area contributed by atoms with E-state index in [1.807, 2.05) is 29.6 Å². The van der Waals surface area contributed by atoms with Crippen LogP contribution in [0, 0.1) is 0 Å². The first-order valence-corrected chi connectivity index (χ1v) is 6.55. The predicted octanol–water partition coefficient (Wildman–Crippen LogP) is 4.03. The molecular weight excluding hydrogens is 238 g/mol. The zero-order chi connectivity index (χ0) is 11.4. The second-order valence-electron chi connectivity index (χ2n) is 3.75. The topological polar surface area (TPSA) is 26.0 Å². The van der Waals surface area contributed by atoms with Gasteiger partial charge in [-0.15, -0.1) is 11.3 Å². The average Bonchev–Trinajstić information content (AvgIpc) is 2.73. The summed E-state index contributed by atoms with van der Waals surface area (Å²) in [6.07, 6.45) is 1.89. The Morgan fingerprint density at radius 3 is 2.56 bits per heavy atom. The summed E-state index contributed by atoms with van der Waals surface area (Å²) in [5.74, 6) is 0. The van der Waals surface area contributed by atoms with Crippen molar-refractivity contribution in [3.05, 3.63) is 57.2 Å². The fraction of sp³-hybridized carbons (Fsp3) is 0.231. The van der Waals surface area contributed by atoms with Crippen molar-refractivity contribution in [3.8, 4) is 0 Å². The molecule has 0 aliphatic heterocycles. The minimum absolute atomic E-state index is 0.0966. The van der Waals surface area contributed by atoms with Gasteiger partial charge in [-0.1, -0.05) is 41.9 Å². The van der Waals surface area contributed by atoms with E-state index in [1.165, 1.54) is 10.4 Å². The van der Waals surface area contributed by atoms with Gasteiger partial charge in [-0.3, -0.25) is 0 Å². The van der Waals surface area contributed by atoms with Crippen molar-refractivity contribution in [2.75, 3.05) is 0 Å². The average molecular weight is 252 g/mol. The van der Waals surface area contributed by atoms with Crippen LogP contribution in [-0.2, 0) is 6.42 Å². The van der Waals surface area contributed by atoms with Gasteiger partial charge in [-0.25, -0.2) is 0 Å². The lowest BCUT2D eigenvalue weighted by Crippen LogP contribution is -2.10. The molecule has 0 aliphatic carbocycles. The van der Waals surface area contributed by atoms with Gasteiger partial charge in [-0.2, -0.15) is 0 Å². The normalized spacial score (nSPS) is 12.6. The minimum atomic E-state index is 0.0966. The summed E-state index contributed by atoms with van der Waals surface area (Å²) < 4.78 is 0. The first-order chi connectivity index (χ1) is 7.77. The van der Waals surface area contributed by atoms with Crippen LogP contribution in [0.15, 0.2) is 41.8 Å². The lowest BCUT2D eigenvalue weighted by atomic mass is 10.0. The Hall–Kier alpha value is -0.830. The van der Waals surface area contributed by atoms with Crippen molar-refractivity contribution >= 4 is 22.9 Å². The van der Waals surface area contributed by atoms with Crippen molar-refractivity contribution in [3.63, 3.8) is 0 Å². The molecule has 1 unspecified atom stereocenters. The van der Waals surface area contributed by atoms with E-state index in [0.717, 1.165) is 17.9 Å². The predicted molar refractivity (Wildman–Crippen MR) is 71.0 cm³/mol. The Kier molecular flexibility index (Phi) is 3.99. The van der Waals surface area contributed by atoms with Crippen LogP contribution in [0.4, 0.5) is 0 Å². The van der Waals surface area contributed by atoms with Gasteiger partial charge in [0.15, 0.2) is 0 Å². The van der Waals surface area contributed by atoms with Crippen LogP contribution in [-0.4, -0.2) is 0 Å². The van der Waals surface area contributed by atoms with E-state index in [1.54, 1.807) is 11.3 Å². The van der Waals surface area contributed by atoms with Crippen LogP contribution in [0.25, 0.3) is 0 Å². The van der Waals surface area contributed by atoms with Gasteiger partial charge in [0.25, 0.3) is 0 Å². The molecule has 0 saturated carbocycles. The molecule has 3 heteroatoms. The van der Waals surface area contributed by atoms with Crippen molar-refractivity contribution in [2.24, 2.45) is 5.73 Å². The van der Waals surface area contributed by atoms with Gasteiger partial charge in [0.2, 0.25) is 0 Å².